The van der Waals surface area contributed by atoms with Crippen LogP contribution in [0.15, 0.2) is 97.3 Å². The molecule has 4 aliphatic rings. The van der Waals surface area contributed by atoms with E-state index >= 15 is 0 Å². The van der Waals surface area contributed by atoms with E-state index in [0.29, 0.717) is 56.0 Å². The summed E-state index contributed by atoms with van der Waals surface area (Å²) in [5, 5.41) is 1.38. The van der Waals surface area contributed by atoms with E-state index in [0.717, 1.165) is 11.1 Å². The van der Waals surface area contributed by atoms with Crippen LogP contribution in [0.3, 0.4) is 0 Å². The lowest BCUT2D eigenvalue weighted by Crippen LogP contribution is -2.42. The Balaban J connectivity index is 0.923. The molecule has 0 saturated carbocycles. The Morgan fingerprint density at radius 3 is 1.07 bits per heavy atom. The molecule has 74 heavy (non-hydrogen) atoms. The van der Waals surface area contributed by atoms with Gasteiger partial charge in [-0.3, -0.25) is 9.59 Å². The molecule has 4 aliphatic heterocycles. The fourth-order valence-electron chi connectivity index (χ4n) is 8.77. The first-order valence-corrected chi connectivity index (χ1v) is 25.3. The summed E-state index contributed by atoms with van der Waals surface area (Å²) in [4.78, 5) is 53.8. The molecule has 2 amide bonds. The van der Waals surface area contributed by atoms with Gasteiger partial charge in [-0.15, -0.1) is 5.23 Å². The highest BCUT2D eigenvalue weighted by atomic mass is 17.0. The number of rotatable bonds is 10. The van der Waals surface area contributed by atoms with E-state index in [1.54, 1.807) is 36.0 Å². The first kappa shape index (κ1) is 53.4. The largest absolute Gasteiger partial charge is 0.494 e. The minimum atomic E-state index is -0.729. The van der Waals surface area contributed by atoms with Gasteiger partial charge in [0.1, 0.15) is 17.5 Å². The summed E-state index contributed by atoms with van der Waals surface area (Å²) in [6.07, 6.45) is 1.53. The molecular weight excluding hydrogens is 935 g/mol. The minimum Gasteiger partial charge on any atom is -0.399 e. The molecule has 0 spiro atoms. The SMILES string of the molecule is CN(C(=O)c1cc(B2OC(C)(C)C(C)(C)O2)cc(B2OC(C)(C)C(C)(C)O2)c1)c1ccc(-c2cc(-c3ccc(N(C)C(=O)c4cc(B5OC(C)(C)C(C)(C)O5)cc(N5OC(C)(C)C(C)(C)O5)c4)cc3)ncn2)cc1. The van der Waals surface area contributed by atoms with Gasteiger partial charge in [0.15, 0.2) is 0 Å². The first-order chi connectivity index (χ1) is 34.2. The lowest BCUT2D eigenvalue weighted by atomic mass is 9.71. The lowest BCUT2D eigenvalue weighted by molar-refractivity contribution is -0.0272. The zero-order valence-electron chi connectivity index (χ0n) is 46.3. The van der Waals surface area contributed by atoms with Crippen molar-refractivity contribution >= 4 is 66.6 Å². The van der Waals surface area contributed by atoms with E-state index in [-0.39, 0.29) is 11.8 Å². The molecule has 5 heterocycles. The molecule has 5 aromatic rings. The Labute approximate surface area is 437 Å². The van der Waals surface area contributed by atoms with E-state index in [1.807, 2.05) is 190 Å². The third-order valence-corrected chi connectivity index (χ3v) is 16.6. The summed E-state index contributed by atoms with van der Waals surface area (Å²) in [6, 6.07) is 28.2. The quantitative estimate of drug-likeness (QED) is 0.124. The van der Waals surface area contributed by atoms with E-state index in [1.165, 1.54) is 11.6 Å². The number of hydrogen-bond donors (Lipinski definition) is 0. The van der Waals surface area contributed by atoms with Crippen molar-refractivity contribution in [1.29, 1.82) is 0 Å². The summed E-state index contributed by atoms with van der Waals surface area (Å²) < 4.78 is 38.6. The van der Waals surface area contributed by atoms with Crippen LogP contribution in [0.2, 0.25) is 0 Å². The highest BCUT2D eigenvalue weighted by Gasteiger charge is 2.56. The number of benzene rings is 4. The number of carbonyl (C=O) groups is 2. The highest BCUT2D eigenvalue weighted by molar-refractivity contribution is 6.66. The van der Waals surface area contributed by atoms with Gasteiger partial charge in [0.05, 0.1) is 50.7 Å². The summed E-state index contributed by atoms with van der Waals surface area (Å²) in [6.45, 7) is 31.8. The second kappa shape index (κ2) is 18.1. The van der Waals surface area contributed by atoms with Crippen LogP contribution in [0.25, 0.3) is 22.5 Å². The molecule has 4 aromatic carbocycles. The van der Waals surface area contributed by atoms with E-state index in [9.17, 15) is 9.59 Å². The summed E-state index contributed by atoms with van der Waals surface area (Å²) in [5.74, 6) is -0.482. The molecule has 4 fully saturated rings. The van der Waals surface area contributed by atoms with Crippen LogP contribution in [-0.4, -0.2) is 102 Å². The van der Waals surface area contributed by atoms with Crippen LogP contribution < -0.4 is 31.4 Å². The van der Waals surface area contributed by atoms with Crippen LogP contribution in [0.1, 0.15) is 131 Å². The smallest absolute Gasteiger partial charge is 0.399 e. The zero-order valence-corrected chi connectivity index (χ0v) is 46.3. The molecule has 0 radical (unpaired) electrons. The molecule has 1 aromatic heterocycles. The van der Waals surface area contributed by atoms with E-state index in [2.05, 4.69) is 9.97 Å². The second-order valence-electron chi connectivity index (χ2n) is 24.0. The maximum Gasteiger partial charge on any atom is 0.494 e. The van der Waals surface area contributed by atoms with Crippen molar-refractivity contribution < 1.29 is 47.2 Å². The lowest BCUT2D eigenvalue weighted by Gasteiger charge is -2.32. The average molecular weight is 1010 g/mol. The molecule has 4 saturated heterocycles. The van der Waals surface area contributed by atoms with Crippen molar-refractivity contribution in [3.63, 3.8) is 0 Å². The Hall–Kier alpha value is -5.43. The summed E-state index contributed by atoms with van der Waals surface area (Å²) >= 11 is 0. The van der Waals surface area contributed by atoms with E-state index in [4.69, 9.17) is 37.6 Å². The zero-order chi connectivity index (χ0) is 53.9. The van der Waals surface area contributed by atoms with Crippen LogP contribution in [-0.2, 0) is 37.6 Å². The molecule has 0 bridgehead atoms. The maximum absolute atomic E-state index is 14.4. The standard InChI is InChI=1S/C56H70B3N5O10/c1-49(2)50(3,4)68-57(67-49)39-27-37(28-40(31-39)58-69-51(5,6)52(7,8)70-58)47(65)62(17)42-23-19-35(20-24-42)45-33-46(61-34-60-45)36-21-25-43(26-22-36)63(18)48(66)38-29-41(59-71-53(9,10)54(11,12)72-59)32-44(30-38)64-73-55(13,14)56(15,16)74-64/h19-34H,1-18H3. The van der Waals surface area contributed by atoms with Gasteiger partial charge in [-0.2, -0.15) is 0 Å². The molecule has 0 aliphatic carbocycles. The van der Waals surface area contributed by atoms with E-state index < -0.39 is 66.2 Å². The van der Waals surface area contributed by atoms with Gasteiger partial charge in [-0.05, 0) is 188 Å². The van der Waals surface area contributed by atoms with Crippen molar-refractivity contribution in [3.05, 3.63) is 108 Å². The molecule has 0 unspecified atom stereocenters. The highest BCUT2D eigenvalue weighted by Crippen LogP contribution is 2.42. The fourth-order valence-corrected chi connectivity index (χ4v) is 8.77. The first-order valence-electron chi connectivity index (χ1n) is 25.3. The van der Waals surface area contributed by atoms with Gasteiger partial charge in [0, 0.05) is 47.7 Å². The summed E-state index contributed by atoms with van der Waals surface area (Å²) in [5.41, 5.74) is 3.04. The minimum absolute atomic E-state index is 0.228. The monoisotopic (exact) mass is 1010 g/mol. The Morgan fingerprint density at radius 1 is 0.419 bits per heavy atom. The molecule has 0 atom stereocenters. The predicted molar refractivity (Wildman–Crippen MR) is 291 cm³/mol. The molecule has 18 heteroatoms. The number of nitrogens with zero attached hydrogens (tertiary/aromatic N) is 5. The number of amides is 2. The Kier molecular flexibility index (Phi) is 13.1. The summed E-state index contributed by atoms with van der Waals surface area (Å²) in [7, 11) is 1.35. The number of hydrogen-bond acceptors (Lipinski definition) is 13. The second-order valence-corrected chi connectivity index (χ2v) is 24.0. The van der Waals surface area contributed by atoms with Crippen LogP contribution in [0.4, 0.5) is 17.1 Å². The van der Waals surface area contributed by atoms with Crippen LogP contribution in [0, 0.1) is 0 Å². The number of aromatic nitrogens is 2. The predicted octanol–water partition coefficient (Wildman–Crippen LogP) is 8.50. The van der Waals surface area contributed by atoms with Crippen molar-refractivity contribution in [2.24, 2.45) is 0 Å². The van der Waals surface area contributed by atoms with Crippen LogP contribution in [0.5, 0.6) is 0 Å². The van der Waals surface area contributed by atoms with Crippen molar-refractivity contribution in [3.8, 4) is 22.5 Å². The fraction of sp³-hybridized carbons (Fsp3) is 0.464. The normalized spacial score (nSPS) is 21.5. The van der Waals surface area contributed by atoms with Gasteiger partial charge < -0.3 is 37.7 Å². The topological polar surface area (TPSA) is 143 Å². The molecule has 388 valence electrons. The van der Waals surface area contributed by atoms with Gasteiger partial charge in [-0.1, -0.05) is 30.3 Å². The number of anilines is 3. The third kappa shape index (κ3) is 9.61. The van der Waals surface area contributed by atoms with Crippen LogP contribution >= 0.6 is 0 Å². The maximum atomic E-state index is 14.4. The Morgan fingerprint density at radius 2 is 0.730 bits per heavy atom. The molecular formula is C56H70B3N5O10. The molecule has 15 nitrogen and oxygen atoms in total. The van der Waals surface area contributed by atoms with Gasteiger partial charge >= 0.3 is 21.4 Å². The van der Waals surface area contributed by atoms with Crippen molar-refractivity contribution in [2.45, 2.75) is 156 Å². The Bertz CT molecular complexity index is 2630. The van der Waals surface area contributed by atoms with Gasteiger partial charge in [0.25, 0.3) is 11.8 Å². The van der Waals surface area contributed by atoms with Crippen molar-refractivity contribution in [2.75, 3.05) is 29.1 Å². The molecule has 0 N–H and O–H groups in total. The van der Waals surface area contributed by atoms with Gasteiger partial charge in [-0.25, -0.2) is 19.6 Å². The number of carbonyl (C=O) groups excluding carboxylic acids is 2. The van der Waals surface area contributed by atoms with Gasteiger partial charge in [0.2, 0.25) is 0 Å². The third-order valence-electron chi connectivity index (χ3n) is 16.6. The van der Waals surface area contributed by atoms with Crippen molar-refractivity contribution in [1.82, 2.24) is 9.97 Å². The molecule has 9 rings (SSSR count). The average Bonchev–Trinajstić information content (AvgIpc) is 3.90.